The van der Waals surface area contributed by atoms with Gasteiger partial charge < -0.3 is 10.2 Å². The number of rotatable bonds is 2. The molecule has 0 aliphatic carbocycles. The van der Waals surface area contributed by atoms with Crippen molar-refractivity contribution in [3.63, 3.8) is 0 Å². The van der Waals surface area contributed by atoms with Crippen molar-refractivity contribution in [1.29, 1.82) is 0 Å². The van der Waals surface area contributed by atoms with Gasteiger partial charge in [0.15, 0.2) is 0 Å². The van der Waals surface area contributed by atoms with Gasteiger partial charge in [0.05, 0.1) is 18.8 Å². The first-order valence-electron chi connectivity index (χ1n) is 7.48. The van der Waals surface area contributed by atoms with Crippen LogP contribution in [0.5, 0.6) is 0 Å². The zero-order valence-electron chi connectivity index (χ0n) is 13.4. The molecule has 0 fully saturated rings. The van der Waals surface area contributed by atoms with E-state index >= 15 is 0 Å². The number of carbonyl (C=O) groups is 2. The van der Waals surface area contributed by atoms with E-state index in [4.69, 9.17) is 0 Å². The van der Waals surface area contributed by atoms with E-state index in [1.165, 1.54) is 0 Å². The monoisotopic (exact) mass is 313 g/mol. The molecule has 1 aliphatic rings. The summed E-state index contributed by atoms with van der Waals surface area (Å²) >= 11 is 0. The minimum atomic E-state index is -0.508. The Morgan fingerprint density at radius 2 is 1.96 bits per heavy atom. The van der Waals surface area contributed by atoms with Crippen LogP contribution in [-0.4, -0.2) is 45.1 Å². The molecule has 0 bridgehead atoms. The van der Waals surface area contributed by atoms with Crippen LogP contribution in [0.4, 0.5) is 0 Å². The number of pyridine rings is 1. The molecule has 7 heteroatoms. The van der Waals surface area contributed by atoms with E-state index in [1.54, 1.807) is 35.0 Å². The minimum Gasteiger partial charge on any atom is -0.357 e. The molecule has 2 aromatic heterocycles. The van der Waals surface area contributed by atoms with Gasteiger partial charge in [-0.25, -0.2) is 0 Å². The maximum absolute atomic E-state index is 12.8. The van der Waals surface area contributed by atoms with Gasteiger partial charge >= 0.3 is 0 Å². The second-order valence-electron chi connectivity index (χ2n) is 5.72. The highest BCUT2D eigenvalue weighted by Gasteiger charge is 2.33. The molecular weight excluding hydrogens is 294 g/mol. The summed E-state index contributed by atoms with van der Waals surface area (Å²) in [6.07, 6.45) is 1.65. The average molecular weight is 313 g/mol. The molecule has 0 unspecified atom stereocenters. The average Bonchev–Trinajstić information content (AvgIpc) is 2.99. The highest BCUT2D eigenvalue weighted by atomic mass is 16.2. The summed E-state index contributed by atoms with van der Waals surface area (Å²) in [6, 6.07) is 4.87. The molecule has 1 N–H and O–H groups in total. The first-order valence-corrected chi connectivity index (χ1v) is 7.48. The number of nitrogens with zero attached hydrogens (tertiary/aromatic N) is 4. The zero-order chi connectivity index (χ0) is 16.6. The Hall–Kier alpha value is -2.70. The molecule has 120 valence electrons. The van der Waals surface area contributed by atoms with Crippen LogP contribution in [0.15, 0.2) is 24.4 Å². The summed E-state index contributed by atoms with van der Waals surface area (Å²) in [7, 11) is 1.59. The Morgan fingerprint density at radius 3 is 2.61 bits per heavy atom. The maximum Gasteiger partial charge on any atom is 0.254 e. The Balaban J connectivity index is 1.92. The Bertz CT molecular complexity index is 747. The van der Waals surface area contributed by atoms with Crippen LogP contribution < -0.4 is 5.32 Å². The van der Waals surface area contributed by atoms with Crippen molar-refractivity contribution in [2.45, 2.75) is 26.4 Å². The third-order valence-corrected chi connectivity index (χ3v) is 3.96. The van der Waals surface area contributed by atoms with Crippen molar-refractivity contribution in [1.82, 2.24) is 25.0 Å². The number of fused-ring (bicyclic) bond motifs is 1. The number of aromatic nitrogens is 3. The van der Waals surface area contributed by atoms with E-state index in [0.717, 1.165) is 17.1 Å². The normalized spacial score (nSPS) is 16.8. The number of nitrogens with one attached hydrogen (secondary N) is 1. The zero-order valence-corrected chi connectivity index (χ0v) is 13.4. The number of carbonyl (C=O) groups excluding carboxylic acids is 2. The summed E-state index contributed by atoms with van der Waals surface area (Å²) in [6.45, 7) is 4.46. The van der Waals surface area contributed by atoms with Crippen molar-refractivity contribution < 1.29 is 9.59 Å². The summed E-state index contributed by atoms with van der Waals surface area (Å²) in [5, 5.41) is 6.84. The molecule has 1 aliphatic heterocycles. The van der Waals surface area contributed by atoms with Gasteiger partial charge in [-0.05, 0) is 32.0 Å². The van der Waals surface area contributed by atoms with Gasteiger partial charge in [0.25, 0.3) is 5.91 Å². The number of hydrogen-bond donors (Lipinski definition) is 1. The molecule has 0 saturated heterocycles. The van der Waals surface area contributed by atoms with Gasteiger partial charge in [-0.15, -0.1) is 0 Å². The van der Waals surface area contributed by atoms with E-state index in [9.17, 15) is 9.59 Å². The molecule has 2 aromatic rings. The van der Waals surface area contributed by atoms with Gasteiger partial charge in [0.1, 0.15) is 6.04 Å². The highest BCUT2D eigenvalue weighted by Crippen LogP contribution is 2.22. The number of aryl methyl sites for hydroxylation is 2. The summed E-state index contributed by atoms with van der Waals surface area (Å²) in [4.78, 5) is 30.9. The smallest absolute Gasteiger partial charge is 0.254 e. The number of hydrogen-bond acceptors (Lipinski definition) is 4. The largest absolute Gasteiger partial charge is 0.357 e. The SMILES string of the molecule is CNC(=O)[C@H]1CN(C(=O)c2cc(C)nc(C)c2)Cc2ccnn21. The van der Waals surface area contributed by atoms with Crippen molar-refractivity contribution in [3.05, 3.63) is 47.0 Å². The first kappa shape index (κ1) is 15.2. The summed E-state index contributed by atoms with van der Waals surface area (Å²) < 4.78 is 1.69. The van der Waals surface area contributed by atoms with E-state index in [-0.39, 0.29) is 11.8 Å². The van der Waals surface area contributed by atoms with Gasteiger partial charge in [0.2, 0.25) is 5.91 Å². The third-order valence-electron chi connectivity index (χ3n) is 3.96. The minimum absolute atomic E-state index is 0.0973. The van der Waals surface area contributed by atoms with E-state index < -0.39 is 6.04 Å². The molecule has 0 spiro atoms. The fraction of sp³-hybridized carbons (Fsp3) is 0.375. The van der Waals surface area contributed by atoms with Gasteiger partial charge in [-0.1, -0.05) is 0 Å². The van der Waals surface area contributed by atoms with Crippen LogP contribution in [-0.2, 0) is 11.3 Å². The number of likely N-dealkylation sites (N-methyl/N-ethyl adjacent to an activating group) is 1. The second kappa shape index (κ2) is 5.83. The molecular formula is C16H19N5O2. The van der Waals surface area contributed by atoms with E-state index in [0.29, 0.717) is 18.7 Å². The van der Waals surface area contributed by atoms with E-state index in [2.05, 4.69) is 15.4 Å². The fourth-order valence-corrected chi connectivity index (χ4v) is 2.95. The molecule has 3 heterocycles. The molecule has 2 amide bonds. The van der Waals surface area contributed by atoms with Crippen molar-refractivity contribution in [2.24, 2.45) is 0 Å². The third kappa shape index (κ3) is 2.81. The lowest BCUT2D eigenvalue weighted by molar-refractivity contribution is -0.125. The first-order chi connectivity index (χ1) is 11.0. The van der Waals surface area contributed by atoms with Crippen LogP contribution in [0.3, 0.4) is 0 Å². The van der Waals surface area contributed by atoms with Crippen molar-refractivity contribution in [3.8, 4) is 0 Å². The van der Waals surface area contributed by atoms with Crippen LogP contribution in [0.25, 0.3) is 0 Å². The lowest BCUT2D eigenvalue weighted by Crippen LogP contribution is -2.46. The standard InChI is InChI=1S/C16H19N5O2/c1-10-6-12(7-11(2)19-10)16(23)20-8-13-4-5-18-21(13)14(9-20)15(22)17-3/h4-7,14H,8-9H2,1-3H3,(H,17,22)/t14-/m1/s1. The molecule has 1 atom stereocenters. The molecule has 7 nitrogen and oxygen atoms in total. The Morgan fingerprint density at radius 1 is 1.26 bits per heavy atom. The fourth-order valence-electron chi connectivity index (χ4n) is 2.95. The van der Waals surface area contributed by atoms with Gasteiger partial charge in [-0.3, -0.25) is 19.3 Å². The van der Waals surface area contributed by atoms with Crippen LogP contribution in [0.1, 0.15) is 33.5 Å². The maximum atomic E-state index is 12.8. The van der Waals surface area contributed by atoms with E-state index in [1.807, 2.05) is 19.9 Å². The molecule has 23 heavy (non-hydrogen) atoms. The second-order valence-corrected chi connectivity index (χ2v) is 5.72. The van der Waals surface area contributed by atoms with Crippen LogP contribution in [0.2, 0.25) is 0 Å². The molecule has 3 rings (SSSR count). The van der Waals surface area contributed by atoms with Gasteiger partial charge in [-0.2, -0.15) is 5.10 Å². The van der Waals surface area contributed by atoms with Crippen LogP contribution in [0, 0.1) is 13.8 Å². The lowest BCUT2D eigenvalue weighted by Gasteiger charge is -2.33. The molecule has 0 radical (unpaired) electrons. The predicted molar refractivity (Wildman–Crippen MR) is 83.8 cm³/mol. The Kier molecular flexibility index (Phi) is 3.85. The molecule has 0 aromatic carbocycles. The Labute approximate surface area is 134 Å². The molecule has 0 saturated carbocycles. The lowest BCUT2D eigenvalue weighted by atomic mass is 10.1. The van der Waals surface area contributed by atoms with Crippen molar-refractivity contribution >= 4 is 11.8 Å². The topological polar surface area (TPSA) is 80.1 Å². The quantitative estimate of drug-likeness (QED) is 0.891. The van der Waals surface area contributed by atoms with Gasteiger partial charge in [0, 0.05) is 30.2 Å². The van der Waals surface area contributed by atoms with Crippen molar-refractivity contribution in [2.75, 3.05) is 13.6 Å². The summed E-state index contributed by atoms with van der Waals surface area (Å²) in [5.41, 5.74) is 3.05. The highest BCUT2D eigenvalue weighted by molar-refractivity contribution is 5.95. The summed E-state index contributed by atoms with van der Waals surface area (Å²) in [5.74, 6) is -0.255. The predicted octanol–water partition coefficient (Wildman–Crippen LogP) is 0.838. The van der Waals surface area contributed by atoms with Crippen LogP contribution >= 0.6 is 0 Å². The number of amides is 2.